The van der Waals surface area contributed by atoms with Crippen LogP contribution in [0.2, 0.25) is 0 Å². The molecule has 0 spiro atoms. The predicted molar refractivity (Wildman–Crippen MR) is 91.9 cm³/mol. The zero-order valence-corrected chi connectivity index (χ0v) is 14.4. The average molecular weight is 348 g/mol. The van der Waals surface area contributed by atoms with Crippen LogP contribution in [-0.4, -0.2) is 13.2 Å². The van der Waals surface area contributed by atoms with Crippen LogP contribution in [0.4, 0.5) is 0 Å². The Balaban J connectivity index is 2.12. The van der Waals surface area contributed by atoms with Gasteiger partial charge in [-0.2, -0.15) is 0 Å². The van der Waals surface area contributed by atoms with Gasteiger partial charge < -0.3 is 10.1 Å². The van der Waals surface area contributed by atoms with Gasteiger partial charge in [0.1, 0.15) is 5.75 Å². The van der Waals surface area contributed by atoms with E-state index in [0.717, 1.165) is 16.6 Å². The Morgan fingerprint density at radius 1 is 1.05 bits per heavy atom. The molecule has 0 bridgehead atoms. The summed E-state index contributed by atoms with van der Waals surface area (Å²) in [6, 6.07) is 17.0. The van der Waals surface area contributed by atoms with Gasteiger partial charge in [0.2, 0.25) is 0 Å². The van der Waals surface area contributed by atoms with Gasteiger partial charge in [-0.15, -0.1) is 0 Å². The summed E-state index contributed by atoms with van der Waals surface area (Å²) in [6.45, 7) is 4.08. The molecule has 0 amide bonds. The second kappa shape index (κ2) is 7.62. The van der Waals surface area contributed by atoms with E-state index in [1.807, 2.05) is 39.1 Å². The molecule has 0 fully saturated rings. The highest BCUT2D eigenvalue weighted by atomic mass is 79.9. The van der Waals surface area contributed by atoms with E-state index in [0.29, 0.717) is 0 Å². The molecule has 1 atom stereocenters. The number of benzene rings is 2. The van der Waals surface area contributed by atoms with Crippen molar-refractivity contribution in [3.63, 3.8) is 0 Å². The van der Waals surface area contributed by atoms with E-state index in [9.17, 15) is 0 Å². The third-order valence-corrected chi connectivity index (χ3v) is 4.16. The number of ether oxygens (including phenoxy) is 1. The van der Waals surface area contributed by atoms with Crippen molar-refractivity contribution in [3.05, 3.63) is 64.1 Å². The molecule has 0 heterocycles. The maximum Gasteiger partial charge on any atom is 0.119 e. The van der Waals surface area contributed by atoms with Crippen molar-refractivity contribution in [2.24, 2.45) is 0 Å². The largest absolute Gasteiger partial charge is 0.491 e. The van der Waals surface area contributed by atoms with Gasteiger partial charge >= 0.3 is 0 Å². The molecule has 2 aromatic carbocycles. The summed E-state index contributed by atoms with van der Waals surface area (Å²) in [6.07, 6.45) is 1.15. The number of nitrogens with one attached hydrogen (secondary N) is 1. The maximum absolute atomic E-state index is 5.69. The lowest BCUT2D eigenvalue weighted by Crippen LogP contribution is -2.19. The third kappa shape index (κ3) is 4.58. The molecule has 0 aliphatic rings. The lowest BCUT2D eigenvalue weighted by atomic mass is 9.99. The van der Waals surface area contributed by atoms with Crippen molar-refractivity contribution in [1.82, 2.24) is 5.32 Å². The van der Waals surface area contributed by atoms with Gasteiger partial charge in [-0.05, 0) is 56.6 Å². The molecule has 1 unspecified atom stereocenters. The fourth-order valence-corrected chi connectivity index (χ4v) is 2.77. The zero-order valence-electron chi connectivity index (χ0n) is 12.8. The molecular formula is C18H22BrNO. The highest BCUT2D eigenvalue weighted by Gasteiger charge is 2.12. The topological polar surface area (TPSA) is 21.3 Å². The molecule has 2 rings (SSSR count). The summed E-state index contributed by atoms with van der Waals surface area (Å²) >= 11 is 3.62. The fraction of sp³-hybridized carbons (Fsp3) is 0.333. The van der Waals surface area contributed by atoms with E-state index in [1.165, 1.54) is 11.1 Å². The Bertz CT molecular complexity index is 566. The number of likely N-dealkylation sites (N-methyl/N-ethyl adjacent to an activating group) is 1. The fourth-order valence-electron chi connectivity index (χ4n) is 2.32. The van der Waals surface area contributed by atoms with Crippen LogP contribution in [0, 0.1) is 0 Å². The van der Waals surface area contributed by atoms with Crippen LogP contribution in [-0.2, 0) is 6.42 Å². The summed E-state index contributed by atoms with van der Waals surface area (Å²) in [5.41, 5.74) is 2.57. The Morgan fingerprint density at radius 2 is 1.71 bits per heavy atom. The zero-order chi connectivity index (χ0) is 15.2. The first-order valence-corrected chi connectivity index (χ1v) is 8.06. The highest BCUT2D eigenvalue weighted by molar-refractivity contribution is 9.10. The van der Waals surface area contributed by atoms with Gasteiger partial charge in [-0.25, -0.2) is 0 Å². The minimum atomic E-state index is 0.205. The van der Waals surface area contributed by atoms with Crippen LogP contribution in [0.25, 0.3) is 0 Å². The average Bonchev–Trinajstić information content (AvgIpc) is 2.47. The quantitative estimate of drug-likeness (QED) is 0.814. The number of halogens is 1. The first-order valence-electron chi connectivity index (χ1n) is 7.27. The van der Waals surface area contributed by atoms with E-state index in [4.69, 9.17) is 4.74 Å². The van der Waals surface area contributed by atoms with Crippen molar-refractivity contribution < 1.29 is 4.74 Å². The lowest BCUT2D eigenvalue weighted by Gasteiger charge is -2.18. The van der Waals surface area contributed by atoms with Gasteiger partial charge in [0.25, 0.3) is 0 Å². The molecule has 2 aromatic rings. The lowest BCUT2D eigenvalue weighted by molar-refractivity contribution is 0.242. The molecule has 112 valence electrons. The smallest absolute Gasteiger partial charge is 0.119 e. The summed E-state index contributed by atoms with van der Waals surface area (Å²) in [4.78, 5) is 0. The molecule has 21 heavy (non-hydrogen) atoms. The monoisotopic (exact) mass is 347 g/mol. The highest BCUT2D eigenvalue weighted by Crippen LogP contribution is 2.25. The summed E-state index contributed by atoms with van der Waals surface area (Å²) < 4.78 is 6.85. The standard InChI is InChI=1S/C18H22BrNO/c1-13(2)21-16-10-8-14(9-11-16)18(20-3)12-15-6-4-5-7-17(15)19/h4-11,13,18,20H,12H2,1-3H3. The van der Waals surface area contributed by atoms with Crippen LogP contribution in [0.5, 0.6) is 5.75 Å². The van der Waals surface area contributed by atoms with Crippen LogP contribution < -0.4 is 10.1 Å². The normalized spacial score (nSPS) is 12.4. The van der Waals surface area contributed by atoms with Crippen LogP contribution in [0.3, 0.4) is 0 Å². The minimum Gasteiger partial charge on any atom is -0.491 e. The van der Waals surface area contributed by atoms with Gasteiger partial charge in [0, 0.05) is 10.5 Å². The van der Waals surface area contributed by atoms with E-state index in [-0.39, 0.29) is 12.1 Å². The second-order valence-corrected chi connectivity index (χ2v) is 6.23. The molecule has 0 aromatic heterocycles. The summed E-state index contributed by atoms with van der Waals surface area (Å²) in [5, 5.41) is 3.39. The molecule has 0 radical (unpaired) electrons. The molecular weight excluding hydrogens is 326 g/mol. The number of hydrogen-bond acceptors (Lipinski definition) is 2. The van der Waals surface area contributed by atoms with Crippen LogP contribution >= 0.6 is 15.9 Å². The van der Waals surface area contributed by atoms with Gasteiger partial charge in [0.05, 0.1) is 6.10 Å². The van der Waals surface area contributed by atoms with Crippen molar-refractivity contribution >= 4 is 15.9 Å². The third-order valence-electron chi connectivity index (χ3n) is 3.38. The Labute approximate surface area is 135 Å². The molecule has 0 saturated heterocycles. The predicted octanol–water partition coefficient (Wildman–Crippen LogP) is 4.74. The molecule has 0 aliphatic carbocycles. The summed E-state index contributed by atoms with van der Waals surface area (Å²) in [5.74, 6) is 0.921. The molecule has 0 aliphatic heterocycles. The van der Waals surface area contributed by atoms with E-state index >= 15 is 0 Å². The van der Waals surface area contributed by atoms with Gasteiger partial charge in [0.15, 0.2) is 0 Å². The van der Waals surface area contributed by atoms with Crippen LogP contribution in [0.15, 0.2) is 53.0 Å². The Hall–Kier alpha value is -1.32. The minimum absolute atomic E-state index is 0.205. The number of rotatable bonds is 6. The van der Waals surface area contributed by atoms with Crippen molar-refractivity contribution in [2.45, 2.75) is 32.4 Å². The Kier molecular flexibility index (Phi) is 5.83. The molecule has 3 heteroatoms. The van der Waals surface area contributed by atoms with E-state index in [1.54, 1.807) is 0 Å². The van der Waals surface area contributed by atoms with Crippen molar-refractivity contribution in [2.75, 3.05) is 7.05 Å². The summed E-state index contributed by atoms with van der Waals surface area (Å²) in [7, 11) is 2.00. The SMILES string of the molecule is CNC(Cc1ccccc1Br)c1ccc(OC(C)C)cc1. The van der Waals surface area contributed by atoms with Crippen molar-refractivity contribution in [1.29, 1.82) is 0 Å². The number of hydrogen-bond donors (Lipinski definition) is 1. The van der Waals surface area contributed by atoms with Gasteiger partial charge in [-0.1, -0.05) is 46.3 Å². The van der Waals surface area contributed by atoms with E-state index < -0.39 is 0 Å². The van der Waals surface area contributed by atoms with Crippen LogP contribution in [0.1, 0.15) is 31.0 Å². The molecule has 2 nitrogen and oxygen atoms in total. The Morgan fingerprint density at radius 3 is 2.29 bits per heavy atom. The van der Waals surface area contributed by atoms with Crippen molar-refractivity contribution in [3.8, 4) is 5.75 Å². The van der Waals surface area contributed by atoms with Gasteiger partial charge in [-0.3, -0.25) is 0 Å². The first kappa shape index (κ1) is 16.1. The second-order valence-electron chi connectivity index (χ2n) is 5.37. The molecule has 1 N–H and O–H groups in total. The van der Waals surface area contributed by atoms with E-state index in [2.05, 4.69) is 51.6 Å². The first-order chi connectivity index (χ1) is 10.1. The molecule has 0 saturated carbocycles. The maximum atomic E-state index is 5.69.